The largest absolute Gasteiger partial charge is 0.0894 e. The van der Waals surface area contributed by atoms with Crippen LogP contribution in [0.1, 0.15) is 37.7 Å². The zero-order valence-corrected chi connectivity index (χ0v) is 9.39. The molecule has 0 amide bonds. The van der Waals surface area contributed by atoms with E-state index >= 15 is 0 Å². The molecular weight excluding hydrogens is 188 g/mol. The quantitative estimate of drug-likeness (QED) is 0.624. The highest BCUT2D eigenvalue weighted by atomic mass is 32.1. The molecule has 0 heterocycles. The van der Waals surface area contributed by atoms with Crippen molar-refractivity contribution in [2.24, 2.45) is 5.92 Å². The summed E-state index contributed by atoms with van der Waals surface area (Å²) < 4.78 is 0. The zero-order chi connectivity index (χ0) is 9.97. The molecule has 1 saturated carbocycles. The molecule has 1 heteroatoms. The summed E-state index contributed by atoms with van der Waals surface area (Å²) in [5.41, 5.74) is 1.49. The van der Waals surface area contributed by atoms with Crippen molar-refractivity contribution < 1.29 is 0 Å². The SMILES string of the molecule is CC1CC(c2ccccc2)CCC1=S. The van der Waals surface area contributed by atoms with Crippen molar-refractivity contribution in [2.75, 3.05) is 0 Å². The molecule has 1 aliphatic carbocycles. The van der Waals surface area contributed by atoms with Gasteiger partial charge in [-0.25, -0.2) is 0 Å². The van der Waals surface area contributed by atoms with Gasteiger partial charge >= 0.3 is 0 Å². The van der Waals surface area contributed by atoms with E-state index < -0.39 is 0 Å². The van der Waals surface area contributed by atoms with E-state index in [0.717, 1.165) is 12.3 Å². The average molecular weight is 204 g/mol. The lowest BCUT2D eigenvalue weighted by Gasteiger charge is -2.27. The van der Waals surface area contributed by atoms with Crippen LogP contribution in [0.2, 0.25) is 0 Å². The van der Waals surface area contributed by atoms with Gasteiger partial charge in [0.1, 0.15) is 0 Å². The van der Waals surface area contributed by atoms with E-state index in [0.29, 0.717) is 5.92 Å². The Morgan fingerprint density at radius 3 is 2.57 bits per heavy atom. The number of thiocarbonyl (C=S) groups is 1. The molecular formula is C13H16S. The van der Waals surface area contributed by atoms with E-state index in [1.54, 1.807) is 0 Å². The van der Waals surface area contributed by atoms with Gasteiger partial charge in [0.15, 0.2) is 0 Å². The number of rotatable bonds is 1. The molecule has 2 unspecified atom stereocenters. The smallest absolute Gasteiger partial charge is 0.00429 e. The van der Waals surface area contributed by atoms with Crippen LogP contribution in [0, 0.1) is 5.92 Å². The molecule has 0 spiro atoms. The molecule has 74 valence electrons. The molecule has 14 heavy (non-hydrogen) atoms. The molecule has 0 radical (unpaired) electrons. The Bertz CT molecular complexity index is 315. The van der Waals surface area contributed by atoms with Crippen molar-refractivity contribution in [3.63, 3.8) is 0 Å². The van der Waals surface area contributed by atoms with Crippen molar-refractivity contribution in [2.45, 2.75) is 32.1 Å². The fourth-order valence-electron chi connectivity index (χ4n) is 2.27. The third-order valence-corrected chi connectivity index (χ3v) is 3.80. The minimum Gasteiger partial charge on any atom is -0.0894 e. The summed E-state index contributed by atoms with van der Waals surface area (Å²) >= 11 is 5.33. The van der Waals surface area contributed by atoms with E-state index in [9.17, 15) is 0 Å². The number of benzene rings is 1. The van der Waals surface area contributed by atoms with Crippen molar-refractivity contribution >= 4 is 17.1 Å². The minimum absolute atomic E-state index is 0.629. The van der Waals surface area contributed by atoms with Gasteiger partial charge in [-0.1, -0.05) is 49.5 Å². The van der Waals surface area contributed by atoms with Gasteiger partial charge in [0.05, 0.1) is 0 Å². The summed E-state index contributed by atoms with van der Waals surface area (Å²) in [4.78, 5) is 1.28. The second kappa shape index (κ2) is 4.22. The second-order valence-electron chi connectivity index (χ2n) is 4.25. The third-order valence-electron chi connectivity index (χ3n) is 3.20. The predicted molar refractivity (Wildman–Crippen MR) is 64.8 cm³/mol. The van der Waals surface area contributed by atoms with Gasteiger partial charge < -0.3 is 0 Å². The van der Waals surface area contributed by atoms with Crippen LogP contribution in [0.15, 0.2) is 30.3 Å². The van der Waals surface area contributed by atoms with Crippen LogP contribution in [0.5, 0.6) is 0 Å². The highest BCUT2D eigenvalue weighted by Crippen LogP contribution is 2.34. The van der Waals surface area contributed by atoms with Crippen LogP contribution >= 0.6 is 12.2 Å². The molecule has 0 saturated heterocycles. The van der Waals surface area contributed by atoms with Crippen molar-refractivity contribution in [1.29, 1.82) is 0 Å². The Kier molecular flexibility index (Phi) is 2.97. The highest BCUT2D eigenvalue weighted by molar-refractivity contribution is 7.80. The first-order valence-electron chi connectivity index (χ1n) is 5.35. The molecule has 2 atom stereocenters. The Labute approximate surface area is 91.3 Å². The normalized spacial score (nSPS) is 27.6. The average Bonchev–Trinajstić information content (AvgIpc) is 2.23. The molecule has 1 aromatic carbocycles. The molecule has 1 aromatic rings. The molecule has 2 rings (SSSR count). The first kappa shape index (κ1) is 9.85. The lowest BCUT2D eigenvalue weighted by Crippen LogP contribution is -2.19. The van der Waals surface area contributed by atoms with Gasteiger partial charge in [0.2, 0.25) is 0 Å². The summed E-state index contributed by atoms with van der Waals surface area (Å²) in [6.45, 7) is 2.26. The Morgan fingerprint density at radius 2 is 1.93 bits per heavy atom. The zero-order valence-electron chi connectivity index (χ0n) is 8.57. The second-order valence-corrected chi connectivity index (χ2v) is 4.77. The lowest BCUT2D eigenvalue weighted by molar-refractivity contribution is 0.494. The topological polar surface area (TPSA) is 0 Å². The van der Waals surface area contributed by atoms with Crippen LogP contribution in [0.4, 0.5) is 0 Å². The first-order chi connectivity index (χ1) is 6.77. The van der Waals surface area contributed by atoms with Crippen molar-refractivity contribution in [3.8, 4) is 0 Å². The van der Waals surface area contributed by atoms with Crippen LogP contribution in [0.3, 0.4) is 0 Å². The summed E-state index contributed by atoms with van der Waals surface area (Å²) in [7, 11) is 0. The summed E-state index contributed by atoms with van der Waals surface area (Å²) in [6.07, 6.45) is 3.62. The van der Waals surface area contributed by atoms with Crippen LogP contribution in [-0.4, -0.2) is 4.86 Å². The third kappa shape index (κ3) is 2.03. The maximum absolute atomic E-state index is 5.33. The van der Waals surface area contributed by atoms with Gasteiger partial charge in [-0.15, -0.1) is 0 Å². The van der Waals surface area contributed by atoms with Crippen molar-refractivity contribution in [3.05, 3.63) is 35.9 Å². The Morgan fingerprint density at radius 1 is 1.21 bits per heavy atom. The fraction of sp³-hybridized carbons (Fsp3) is 0.462. The van der Waals surface area contributed by atoms with E-state index in [-0.39, 0.29) is 0 Å². The highest BCUT2D eigenvalue weighted by Gasteiger charge is 2.23. The molecule has 0 bridgehead atoms. The molecule has 1 fully saturated rings. The Hall–Kier alpha value is -0.690. The van der Waals surface area contributed by atoms with Gasteiger partial charge in [-0.2, -0.15) is 0 Å². The monoisotopic (exact) mass is 204 g/mol. The standard InChI is InChI=1S/C13H16S/c1-10-9-12(7-8-13(10)14)11-5-3-2-4-6-11/h2-6,10,12H,7-9H2,1H3. The van der Waals surface area contributed by atoms with E-state index in [1.807, 2.05) is 0 Å². The van der Waals surface area contributed by atoms with Crippen LogP contribution in [0.25, 0.3) is 0 Å². The van der Waals surface area contributed by atoms with E-state index in [4.69, 9.17) is 12.2 Å². The van der Waals surface area contributed by atoms with Crippen LogP contribution in [-0.2, 0) is 0 Å². The molecule has 0 N–H and O–H groups in total. The molecule has 0 nitrogen and oxygen atoms in total. The fourth-order valence-corrected chi connectivity index (χ4v) is 2.48. The molecule has 0 aromatic heterocycles. The summed E-state index contributed by atoms with van der Waals surface area (Å²) in [6, 6.07) is 10.8. The minimum atomic E-state index is 0.629. The maximum atomic E-state index is 5.33. The number of hydrogen-bond acceptors (Lipinski definition) is 1. The van der Waals surface area contributed by atoms with Crippen molar-refractivity contribution in [1.82, 2.24) is 0 Å². The number of hydrogen-bond donors (Lipinski definition) is 0. The maximum Gasteiger partial charge on any atom is -0.00429 e. The van der Waals surface area contributed by atoms with E-state index in [2.05, 4.69) is 37.3 Å². The van der Waals surface area contributed by atoms with Gasteiger partial charge in [-0.3, -0.25) is 0 Å². The van der Waals surface area contributed by atoms with Crippen LogP contribution < -0.4 is 0 Å². The first-order valence-corrected chi connectivity index (χ1v) is 5.76. The predicted octanol–water partition coefficient (Wildman–Crippen LogP) is 3.96. The summed E-state index contributed by atoms with van der Waals surface area (Å²) in [5, 5.41) is 0. The van der Waals surface area contributed by atoms with Gasteiger partial charge in [0, 0.05) is 0 Å². The lowest BCUT2D eigenvalue weighted by atomic mass is 9.79. The molecule has 1 aliphatic rings. The summed E-state index contributed by atoms with van der Waals surface area (Å²) in [5.74, 6) is 1.36. The van der Waals surface area contributed by atoms with E-state index in [1.165, 1.54) is 23.3 Å². The van der Waals surface area contributed by atoms with Gasteiger partial charge in [0.25, 0.3) is 0 Å². The molecule has 0 aliphatic heterocycles. The Balaban J connectivity index is 2.11. The van der Waals surface area contributed by atoms with Gasteiger partial charge in [-0.05, 0) is 41.5 Å².